The standard InChI is InChI=1S/C20H31FN6O2.HI/c1-5-16(29-18-10-7-6-9-17(18)21)13-23-20(22-11-8-12-28-4)24-14-19-26-25-15(2)27(19)3;/h6-7,9-10,16H,5,8,11-14H2,1-4H3,(H2,22,23,24);1H. The summed E-state index contributed by atoms with van der Waals surface area (Å²) >= 11 is 0. The molecule has 1 aromatic heterocycles. The first kappa shape index (κ1) is 26.1. The summed E-state index contributed by atoms with van der Waals surface area (Å²) in [6.45, 7) is 6.15. The lowest BCUT2D eigenvalue weighted by Crippen LogP contribution is -2.43. The maximum Gasteiger partial charge on any atom is 0.191 e. The summed E-state index contributed by atoms with van der Waals surface area (Å²) in [6, 6.07) is 6.42. The Hall–Kier alpha value is -1.95. The first-order valence-corrected chi connectivity index (χ1v) is 9.82. The van der Waals surface area contributed by atoms with Crippen LogP contribution in [-0.2, 0) is 18.3 Å². The van der Waals surface area contributed by atoms with Gasteiger partial charge in [-0.1, -0.05) is 19.1 Å². The van der Waals surface area contributed by atoms with Gasteiger partial charge >= 0.3 is 0 Å². The third-order valence-electron chi connectivity index (χ3n) is 4.46. The molecule has 0 fully saturated rings. The van der Waals surface area contributed by atoms with Crippen molar-refractivity contribution in [3.05, 3.63) is 41.7 Å². The SMILES string of the molecule is CCC(CNC(=NCc1nnc(C)n1C)NCCCOC)Oc1ccccc1F.I. The summed E-state index contributed by atoms with van der Waals surface area (Å²) in [6.07, 6.45) is 1.37. The molecule has 0 saturated heterocycles. The molecule has 30 heavy (non-hydrogen) atoms. The molecule has 0 aliphatic carbocycles. The van der Waals surface area contributed by atoms with Gasteiger partial charge in [-0.2, -0.15) is 0 Å². The molecule has 0 radical (unpaired) electrons. The van der Waals surface area contributed by atoms with Crippen LogP contribution in [0.1, 0.15) is 31.4 Å². The summed E-state index contributed by atoms with van der Waals surface area (Å²) in [7, 11) is 3.59. The van der Waals surface area contributed by atoms with Crippen LogP contribution < -0.4 is 15.4 Å². The van der Waals surface area contributed by atoms with Crippen LogP contribution >= 0.6 is 24.0 Å². The number of aryl methyl sites for hydroxylation is 1. The lowest BCUT2D eigenvalue weighted by Gasteiger charge is -2.20. The van der Waals surface area contributed by atoms with Crippen molar-refractivity contribution in [3.63, 3.8) is 0 Å². The summed E-state index contributed by atoms with van der Waals surface area (Å²) < 4.78 is 26.7. The minimum absolute atomic E-state index is 0. The highest BCUT2D eigenvalue weighted by Gasteiger charge is 2.12. The Bertz CT molecular complexity index is 786. The average molecular weight is 534 g/mol. The Morgan fingerprint density at radius 1 is 1.27 bits per heavy atom. The molecule has 168 valence electrons. The molecule has 2 N–H and O–H groups in total. The van der Waals surface area contributed by atoms with Gasteiger partial charge in [0.05, 0.1) is 6.54 Å². The van der Waals surface area contributed by atoms with E-state index in [-0.39, 0.29) is 41.6 Å². The minimum Gasteiger partial charge on any atom is -0.486 e. The van der Waals surface area contributed by atoms with E-state index < -0.39 is 0 Å². The van der Waals surface area contributed by atoms with Gasteiger partial charge in [-0.25, -0.2) is 9.38 Å². The van der Waals surface area contributed by atoms with Crippen molar-refractivity contribution < 1.29 is 13.9 Å². The molecular formula is C20H32FIN6O2. The van der Waals surface area contributed by atoms with Gasteiger partial charge in [-0.05, 0) is 31.9 Å². The number of nitrogens with zero attached hydrogens (tertiary/aromatic N) is 4. The van der Waals surface area contributed by atoms with E-state index in [1.807, 2.05) is 25.5 Å². The fraction of sp³-hybridized carbons (Fsp3) is 0.550. The zero-order valence-electron chi connectivity index (χ0n) is 18.0. The fourth-order valence-corrected chi connectivity index (χ4v) is 2.54. The van der Waals surface area contributed by atoms with Crippen LogP contribution in [0.4, 0.5) is 4.39 Å². The molecule has 0 bridgehead atoms. The maximum atomic E-state index is 13.9. The van der Waals surface area contributed by atoms with Crippen LogP contribution in [0, 0.1) is 12.7 Å². The smallest absolute Gasteiger partial charge is 0.191 e. The van der Waals surface area contributed by atoms with Crippen molar-refractivity contribution in [2.75, 3.05) is 26.8 Å². The van der Waals surface area contributed by atoms with E-state index in [2.05, 4.69) is 25.8 Å². The van der Waals surface area contributed by atoms with Crippen molar-refractivity contribution in [3.8, 4) is 5.75 Å². The minimum atomic E-state index is -0.366. The van der Waals surface area contributed by atoms with Crippen molar-refractivity contribution in [1.29, 1.82) is 0 Å². The zero-order chi connectivity index (χ0) is 21.1. The number of hydrogen-bond donors (Lipinski definition) is 2. The van der Waals surface area contributed by atoms with Crippen molar-refractivity contribution in [2.24, 2.45) is 12.0 Å². The monoisotopic (exact) mass is 534 g/mol. The number of ether oxygens (including phenoxy) is 2. The van der Waals surface area contributed by atoms with E-state index in [9.17, 15) is 4.39 Å². The van der Waals surface area contributed by atoms with Crippen LogP contribution in [0.15, 0.2) is 29.3 Å². The lowest BCUT2D eigenvalue weighted by molar-refractivity contribution is 0.190. The second-order valence-electron chi connectivity index (χ2n) is 6.62. The molecule has 0 spiro atoms. The number of methoxy groups -OCH3 is 1. The Kier molecular flexibility index (Phi) is 12.3. The summed E-state index contributed by atoms with van der Waals surface area (Å²) in [5.74, 6) is 2.13. The molecule has 1 aromatic carbocycles. The van der Waals surface area contributed by atoms with Gasteiger partial charge in [0.15, 0.2) is 23.4 Å². The molecular weight excluding hydrogens is 502 g/mol. The Morgan fingerprint density at radius 2 is 2.03 bits per heavy atom. The van der Waals surface area contributed by atoms with E-state index >= 15 is 0 Å². The number of rotatable bonds is 11. The third kappa shape index (κ3) is 8.42. The van der Waals surface area contributed by atoms with E-state index in [0.29, 0.717) is 32.2 Å². The first-order chi connectivity index (χ1) is 14.0. The topological polar surface area (TPSA) is 85.6 Å². The van der Waals surface area contributed by atoms with Crippen molar-refractivity contribution in [2.45, 2.75) is 39.3 Å². The Morgan fingerprint density at radius 3 is 2.67 bits per heavy atom. The van der Waals surface area contributed by atoms with Gasteiger partial charge in [-0.15, -0.1) is 34.2 Å². The number of aliphatic imine (C=N–C) groups is 1. The second kappa shape index (κ2) is 14.1. The zero-order valence-corrected chi connectivity index (χ0v) is 20.4. The summed E-state index contributed by atoms with van der Waals surface area (Å²) in [5.41, 5.74) is 0. The number of benzene rings is 1. The lowest BCUT2D eigenvalue weighted by atomic mass is 10.2. The number of guanidine groups is 1. The molecule has 10 heteroatoms. The number of para-hydroxylation sites is 1. The van der Waals surface area contributed by atoms with Crippen LogP contribution in [0.3, 0.4) is 0 Å². The third-order valence-corrected chi connectivity index (χ3v) is 4.46. The number of nitrogens with one attached hydrogen (secondary N) is 2. The van der Waals surface area contributed by atoms with Crippen LogP contribution in [0.5, 0.6) is 5.75 Å². The predicted octanol–water partition coefficient (Wildman–Crippen LogP) is 2.81. The average Bonchev–Trinajstić information content (AvgIpc) is 3.05. The van der Waals surface area contributed by atoms with Crippen LogP contribution in [0.2, 0.25) is 0 Å². The molecule has 0 saturated carbocycles. The van der Waals surface area contributed by atoms with Crippen molar-refractivity contribution in [1.82, 2.24) is 25.4 Å². The number of aromatic nitrogens is 3. The van der Waals surface area contributed by atoms with Gasteiger partial charge in [0, 0.05) is 27.3 Å². The molecule has 2 rings (SSSR count). The molecule has 1 heterocycles. The van der Waals surface area contributed by atoms with Crippen LogP contribution in [-0.4, -0.2) is 53.6 Å². The van der Waals surface area contributed by atoms with Gasteiger partial charge in [-0.3, -0.25) is 0 Å². The highest BCUT2D eigenvalue weighted by Crippen LogP contribution is 2.17. The Balaban J connectivity index is 0.00000450. The first-order valence-electron chi connectivity index (χ1n) is 9.82. The van der Waals surface area contributed by atoms with Gasteiger partial charge in [0.25, 0.3) is 0 Å². The van der Waals surface area contributed by atoms with Crippen molar-refractivity contribution >= 4 is 29.9 Å². The van der Waals surface area contributed by atoms with E-state index in [4.69, 9.17) is 9.47 Å². The van der Waals surface area contributed by atoms with E-state index in [1.54, 1.807) is 25.3 Å². The number of hydrogen-bond acceptors (Lipinski definition) is 5. The highest BCUT2D eigenvalue weighted by atomic mass is 127. The number of halogens is 2. The second-order valence-corrected chi connectivity index (χ2v) is 6.62. The molecule has 1 atom stereocenters. The summed E-state index contributed by atoms with van der Waals surface area (Å²) in [4.78, 5) is 4.60. The van der Waals surface area contributed by atoms with Crippen LogP contribution in [0.25, 0.3) is 0 Å². The van der Waals surface area contributed by atoms with Gasteiger partial charge < -0.3 is 24.7 Å². The quantitative estimate of drug-likeness (QED) is 0.200. The normalized spacial score (nSPS) is 12.2. The molecule has 0 aliphatic rings. The molecule has 1 unspecified atom stereocenters. The van der Waals surface area contributed by atoms with Gasteiger partial charge in [0.2, 0.25) is 0 Å². The van der Waals surface area contributed by atoms with Gasteiger partial charge in [0.1, 0.15) is 18.5 Å². The highest BCUT2D eigenvalue weighted by molar-refractivity contribution is 14.0. The summed E-state index contributed by atoms with van der Waals surface area (Å²) in [5, 5.41) is 14.7. The molecule has 2 aromatic rings. The van der Waals surface area contributed by atoms with E-state index in [0.717, 1.165) is 24.5 Å². The van der Waals surface area contributed by atoms with E-state index in [1.165, 1.54) is 6.07 Å². The predicted molar refractivity (Wildman–Crippen MR) is 126 cm³/mol. The maximum absolute atomic E-state index is 13.9. The molecule has 0 aliphatic heterocycles. The molecule has 8 nitrogen and oxygen atoms in total. The largest absolute Gasteiger partial charge is 0.486 e. The molecule has 0 amide bonds. The Labute approximate surface area is 194 Å². The fourth-order valence-electron chi connectivity index (χ4n) is 2.54.